The number of sulfonamides is 1. The second-order valence-electron chi connectivity index (χ2n) is 10.8. The number of hydrogen-bond donors (Lipinski definition) is 1. The van der Waals surface area contributed by atoms with Crippen molar-refractivity contribution >= 4 is 15.8 Å². The van der Waals surface area contributed by atoms with E-state index in [2.05, 4.69) is 59.1 Å². The van der Waals surface area contributed by atoms with Gasteiger partial charge < -0.3 is 9.30 Å². The fraction of sp³-hybridized carbons (Fsp3) is 0.345. The molecule has 0 amide bonds. The van der Waals surface area contributed by atoms with Gasteiger partial charge in [0.1, 0.15) is 5.82 Å². The molecule has 2 aromatic carbocycles. The predicted octanol–water partition coefficient (Wildman–Crippen LogP) is 5.69. The molecule has 38 heavy (non-hydrogen) atoms. The molecule has 0 saturated heterocycles. The molecule has 2 aromatic heterocycles. The van der Waals surface area contributed by atoms with E-state index in [1.54, 1.807) is 12.1 Å². The van der Waals surface area contributed by atoms with Crippen LogP contribution in [0, 0.1) is 5.92 Å². The van der Waals surface area contributed by atoms with Crippen molar-refractivity contribution in [1.82, 2.24) is 19.7 Å². The zero-order valence-electron chi connectivity index (χ0n) is 22.8. The summed E-state index contributed by atoms with van der Waals surface area (Å²) in [6.45, 7) is 11.4. The van der Waals surface area contributed by atoms with E-state index in [1.807, 2.05) is 48.8 Å². The van der Waals surface area contributed by atoms with Crippen molar-refractivity contribution in [3.63, 3.8) is 0 Å². The zero-order valence-corrected chi connectivity index (χ0v) is 23.6. The van der Waals surface area contributed by atoms with Crippen LogP contribution in [0.25, 0.3) is 11.1 Å². The molecule has 0 spiro atoms. The summed E-state index contributed by atoms with van der Waals surface area (Å²) < 4.78 is 36.7. The van der Waals surface area contributed by atoms with Crippen molar-refractivity contribution in [2.75, 3.05) is 11.8 Å². The fourth-order valence-corrected chi connectivity index (χ4v) is 5.59. The summed E-state index contributed by atoms with van der Waals surface area (Å²) in [5.74, 6) is 1.88. The van der Waals surface area contributed by atoms with Crippen LogP contribution in [-0.4, -0.2) is 35.3 Å². The Labute approximate surface area is 225 Å². The molecule has 1 N–H and O–H groups in total. The Hall–Kier alpha value is -3.72. The highest BCUT2D eigenvalue weighted by Crippen LogP contribution is 2.31. The summed E-state index contributed by atoms with van der Waals surface area (Å²) >= 11 is 0. The summed E-state index contributed by atoms with van der Waals surface area (Å²) in [7, 11) is -2.46. The van der Waals surface area contributed by atoms with Gasteiger partial charge in [-0.3, -0.25) is 4.72 Å². The van der Waals surface area contributed by atoms with E-state index in [4.69, 9.17) is 4.74 Å². The molecule has 0 aliphatic heterocycles. The van der Waals surface area contributed by atoms with Crippen LogP contribution < -0.4 is 9.46 Å². The van der Waals surface area contributed by atoms with Crippen LogP contribution >= 0.6 is 0 Å². The minimum absolute atomic E-state index is 0.0647. The largest absolute Gasteiger partial charge is 0.480 e. The maximum Gasteiger partial charge on any atom is 0.263 e. The zero-order chi connectivity index (χ0) is 27.5. The minimum Gasteiger partial charge on any atom is -0.480 e. The molecule has 200 valence electrons. The topological polar surface area (TPSA) is 99.0 Å². The molecule has 0 fully saturated rings. The van der Waals surface area contributed by atoms with Crippen molar-refractivity contribution in [3.8, 4) is 17.0 Å². The van der Waals surface area contributed by atoms with Crippen LogP contribution in [0.5, 0.6) is 5.88 Å². The molecule has 0 bridgehead atoms. The van der Waals surface area contributed by atoms with E-state index < -0.39 is 10.0 Å². The number of anilines is 1. The van der Waals surface area contributed by atoms with Gasteiger partial charge >= 0.3 is 0 Å². The Morgan fingerprint density at radius 2 is 1.68 bits per heavy atom. The molecule has 4 aromatic rings. The summed E-state index contributed by atoms with van der Waals surface area (Å²) in [5.41, 5.74) is 3.58. The number of methoxy groups -OCH3 is 1. The van der Waals surface area contributed by atoms with Crippen LogP contribution in [0.4, 0.5) is 5.82 Å². The van der Waals surface area contributed by atoms with Crippen molar-refractivity contribution < 1.29 is 13.2 Å². The number of imidazole rings is 1. The lowest BCUT2D eigenvalue weighted by Crippen LogP contribution is -2.19. The standard InChI is InChI=1S/C29H35N5O3S/c1-20(2)17-22-9-12-25(38(35,36)33-26-13-14-27(37-6)32-31-26)24(18-22)23-10-7-21(8-11-23)19-34-16-15-30-28(34)29(3,4)5/h7-16,18,20H,17,19H2,1-6H3,(H,31,33). The van der Waals surface area contributed by atoms with Gasteiger partial charge in [0.25, 0.3) is 10.0 Å². The molecule has 8 nitrogen and oxygen atoms in total. The normalized spacial score (nSPS) is 12.1. The van der Waals surface area contributed by atoms with Crippen LogP contribution in [0.3, 0.4) is 0 Å². The molecule has 0 atom stereocenters. The maximum atomic E-state index is 13.5. The molecule has 0 aliphatic rings. The molecule has 2 heterocycles. The second kappa shape index (κ2) is 10.9. The van der Waals surface area contributed by atoms with Crippen LogP contribution in [0.1, 0.15) is 51.6 Å². The number of nitrogens with zero attached hydrogens (tertiary/aromatic N) is 4. The fourth-order valence-electron chi connectivity index (χ4n) is 4.38. The monoisotopic (exact) mass is 533 g/mol. The van der Waals surface area contributed by atoms with Gasteiger partial charge in [-0.2, -0.15) is 0 Å². The molecular weight excluding hydrogens is 498 g/mol. The van der Waals surface area contributed by atoms with Crippen molar-refractivity contribution in [2.24, 2.45) is 5.92 Å². The minimum atomic E-state index is -3.94. The van der Waals surface area contributed by atoms with Gasteiger partial charge in [0.05, 0.1) is 12.0 Å². The molecule has 0 saturated carbocycles. The van der Waals surface area contributed by atoms with E-state index in [-0.39, 0.29) is 16.1 Å². The third kappa shape index (κ3) is 6.39. The Bertz CT molecular complexity index is 1490. The smallest absolute Gasteiger partial charge is 0.263 e. The van der Waals surface area contributed by atoms with E-state index in [9.17, 15) is 8.42 Å². The van der Waals surface area contributed by atoms with E-state index in [0.717, 1.165) is 28.9 Å². The van der Waals surface area contributed by atoms with E-state index >= 15 is 0 Å². The highest BCUT2D eigenvalue weighted by atomic mass is 32.2. The van der Waals surface area contributed by atoms with Gasteiger partial charge in [-0.25, -0.2) is 13.4 Å². The molecule has 9 heteroatoms. The van der Waals surface area contributed by atoms with Gasteiger partial charge in [0, 0.05) is 36.0 Å². The summed E-state index contributed by atoms with van der Waals surface area (Å²) in [5, 5.41) is 7.78. The number of aromatic nitrogens is 4. The maximum absolute atomic E-state index is 13.5. The highest BCUT2D eigenvalue weighted by Gasteiger charge is 2.22. The number of hydrogen-bond acceptors (Lipinski definition) is 6. The first-order chi connectivity index (χ1) is 18.0. The number of benzene rings is 2. The van der Waals surface area contributed by atoms with E-state index in [0.29, 0.717) is 23.9 Å². The summed E-state index contributed by atoms with van der Waals surface area (Å²) in [4.78, 5) is 4.72. The third-order valence-corrected chi connectivity index (χ3v) is 7.48. The van der Waals surface area contributed by atoms with Gasteiger partial charge in [-0.05, 0) is 47.2 Å². The summed E-state index contributed by atoms with van der Waals surface area (Å²) in [6.07, 6.45) is 4.66. The lowest BCUT2D eigenvalue weighted by molar-refractivity contribution is 0.392. The number of nitrogens with one attached hydrogen (secondary N) is 1. The Morgan fingerprint density at radius 1 is 0.974 bits per heavy atom. The molecule has 4 rings (SSSR count). The van der Waals surface area contributed by atoms with Crippen molar-refractivity contribution in [2.45, 2.75) is 57.9 Å². The van der Waals surface area contributed by atoms with E-state index in [1.165, 1.54) is 13.2 Å². The number of rotatable bonds is 9. The predicted molar refractivity (Wildman–Crippen MR) is 150 cm³/mol. The SMILES string of the molecule is COc1ccc(NS(=O)(=O)c2ccc(CC(C)C)cc2-c2ccc(Cn3ccnc3C(C)(C)C)cc2)nn1. The molecular formula is C29H35N5O3S. The molecule has 0 radical (unpaired) electrons. The first-order valence-corrected chi connectivity index (χ1v) is 14.1. The van der Waals surface area contributed by atoms with Gasteiger partial charge in [0.2, 0.25) is 5.88 Å². The second-order valence-corrected chi connectivity index (χ2v) is 12.5. The Kier molecular flexibility index (Phi) is 7.87. The van der Waals surface area contributed by atoms with Crippen molar-refractivity contribution in [1.29, 1.82) is 0 Å². The molecule has 0 unspecified atom stereocenters. The number of ether oxygens (including phenoxy) is 1. The highest BCUT2D eigenvalue weighted by molar-refractivity contribution is 7.92. The quantitative estimate of drug-likeness (QED) is 0.297. The lowest BCUT2D eigenvalue weighted by atomic mass is 9.95. The Balaban J connectivity index is 1.68. The average Bonchev–Trinajstić information content (AvgIpc) is 3.33. The average molecular weight is 534 g/mol. The first-order valence-electron chi connectivity index (χ1n) is 12.6. The van der Waals surface area contributed by atoms with Gasteiger partial charge in [-0.15, -0.1) is 10.2 Å². The van der Waals surface area contributed by atoms with Crippen LogP contribution in [0.15, 0.2) is 71.9 Å². The Morgan fingerprint density at radius 3 is 2.29 bits per heavy atom. The summed E-state index contributed by atoms with van der Waals surface area (Å²) in [6, 6.07) is 16.6. The lowest BCUT2D eigenvalue weighted by Gasteiger charge is -2.20. The van der Waals surface area contributed by atoms with Crippen molar-refractivity contribution in [3.05, 3.63) is 83.9 Å². The molecule has 0 aliphatic carbocycles. The van der Waals surface area contributed by atoms with Gasteiger partial charge in [0.15, 0.2) is 5.82 Å². The third-order valence-electron chi connectivity index (χ3n) is 6.07. The van der Waals surface area contributed by atoms with Crippen LogP contribution in [0.2, 0.25) is 0 Å². The van der Waals surface area contributed by atoms with Gasteiger partial charge in [-0.1, -0.05) is 65.0 Å². The first kappa shape index (κ1) is 27.3. The van der Waals surface area contributed by atoms with Crippen LogP contribution in [-0.2, 0) is 28.4 Å².